The first-order valence-electron chi connectivity index (χ1n) is 10.4. The van der Waals surface area contributed by atoms with Gasteiger partial charge in [-0.3, -0.25) is 0 Å². The molecule has 0 aliphatic carbocycles. The van der Waals surface area contributed by atoms with E-state index in [0.717, 1.165) is 25.1 Å². The van der Waals surface area contributed by atoms with Gasteiger partial charge in [-0.25, -0.2) is 0 Å². The molecule has 2 N–H and O–H groups in total. The summed E-state index contributed by atoms with van der Waals surface area (Å²) in [5.74, 6) is 0.951. The minimum Gasteiger partial charge on any atom is -0.496 e. The highest BCUT2D eigenvalue weighted by atomic mass is 16.5. The van der Waals surface area contributed by atoms with Crippen LogP contribution in [0, 0.1) is 13.8 Å². The van der Waals surface area contributed by atoms with Gasteiger partial charge in [0.1, 0.15) is 5.75 Å². The number of nitrogens with one attached hydrogen (secondary N) is 2. The van der Waals surface area contributed by atoms with Gasteiger partial charge < -0.3 is 15.0 Å². The quantitative estimate of drug-likeness (QED) is 0.611. The third-order valence-electron chi connectivity index (χ3n) is 6.59. The fourth-order valence-corrected chi connectivity index (χ4v) is 4.62. The monoisotopic (exact) mass is 376 g/mol. The van der Waals surface area contributed by atoms with Crippen molar-refractivity contribution in [2.24, 2.45) is 0 Å². The van der Waals surface area contributed by atoms with Crippen molar-refractivity contribution in [1.82, 2.24) is 10.3 Å². The fourth-order valence-electron chi connectivity index (χ4n) is 4.62. The summed E-state index contributed by atoms with van der Waals surface area (Å²) >= 11 is 0. The van der Waals surface area contributed by atoms with E-state index < -0.39 is 0 Å². The molecule has 1 atom stereocenters. The predicted molar refractivity (Wildman–Crippen MR) is 118 cm³/mol. The lowest BCUT2D eigenvalue weighted by atomic mass is 9.80. The molecule has 0 spiro atoms. The lowest BCUT2D eigenvalue weighted by Gasteiger charge is -2.29. The van der Waals surface area contributed by atoms with Gasteiger partial charge >= 0.3 is 0 Å². The van der Waals surface area contributed by atoms with E-state index in [2.05, 4.69) is 75.3 Å². The van der Waals surface area contributed by atoms with E-state index >= 15 is 0 Å². The number of aromatic amines is 1. The molecule has 3 nitrogen and oxygen atoms in total. The number of fused-ring (bicyclic) bond motifs is 3. The smallest absolute Gasteiger partial charge is 0.124 e. The van der Waals surface area contributed by atoms with E-state index in [1.165, 1.54) is 44.4 Å². The second-order valence-corrected chi connectivity index (χ2v) is 8.85. The number of rotatable bonds is 4. The Labute approximate surface area is 168 Å². The Morgan fingerprint density at radius 2 is 1.93 bits per heavy atom. The number of ether oxygens (including phenoxy) is 1. The van der Waals surface area contributed by atoms with Crippen LogP contribution in [0.2, 0.25) is 0 Å². The minimum absolute atomic E-state index is 0.124. The second kappa shape index (κ2) is 6.97. The van der Waals surface area contributed by atoms with Gasteiger partial charge in [-0.15, -0.1) is 0 Å². The summed E-state index contributed by atoms with van der Waals surface area (Å²) < 4.78 is 5.78. The maximum atomic E-state index is 5.78. The number of methoxy groups -OCH3 is 1. The van der Waals surface area contributed by atoms with E-state index in [1.807, 2.05) is 0 Å². The Balaban J connectivity index is 1.90. The van der Waals surface area contributed by atoms with E-state index in [9.17, 15) is 0 Å². The van der Waals surface area contributed by atoms with Crippen LogP contribution in [0.3, 0.4) is 0 Å². The molecule has 3 heteroatoms. The van der Waals surface area contributed by atoms with Crippen LogP contribution in [-0.2, 0) is 11.8 Å². The molecule has 1 aliphatic heterocycles. The number of aryl methyl sites for hydroxylation is 2. The number of hydrogen-bond acceptors (Lipinski definition) is 2. The van der Waals surface area contributed by atoms with Crippen LogP contribution in [0.4, 0.5) is 0 Å². The second-order valence-electron chi connectivity index (χ2n) is 8.85. The number of H-pyrrole nitrogens is 1. The maximum Gasteiger partial charge on any atom is 0.124 e. The molecular weight excluding hydrogens is 344 g/mol. The Morgan fingerprint density at radius 1 is 1.14 bits per heavy atom. The molecule has 4 rings (SSSR count). The van der Waals surface area contributed by atoms with Crippen molar-refractivity contribution in [3.8, 4) is 5.75 Å². The van der Waals surface area contributed by atoms with Crippen LogP contribution in [0.5, 0.6) is 5.75 Å². The molecule has 28 heavy (non-hydrogen) atoms. The summed E-state index contributed by atoms with van der Waals surface area (Å²) in [5, 5.41) is 5.15. The van der Waals surface area contributed by atoms with Crippen molar-refractivity contribution in [2.45, 2.75) is 58.9 Å². The Morgan fingerprint density at radius 3 is 2.64 bits per heavy atom. The highest BCUT2D eigenvalue weighted by molar-refractivity contribution is 5.89. The number of hydrogen-bond donors (Lipinski definition) is 2. The van der Waals surface area contributed by atoms with Crippen LogP contribution in [0.25, 0.3) is 10.9 Å². The largest absolute Gasteiger partial charge is 0.496 e. The highest BCUT2D eigenvalue weighted by Crippen LogP contribution is 2.40. The molecule has 0 saturated heterocycles. The molecule has 2 heterocycles. The van der Waals surface area contributed by atoms with E-state index in [-0.39, 0.29) is 11.5 Å². The molecule has 0 radical (unpaired) electrons. The van der Waals surface area contributed by atoms with Gasteiger partial charge in [-0.2, -0.15) is 0 Å². The van der Waals surface area contributed by atoms with Crippen molar-refractivity contribution in [2.75, 3.05) is 13.7 Å². The summed E-state index contributed by atoms with van der Waals surface area (Å²) in [5.41, 5.74) is 9.40. The van der Waals surface area contributed by atoms with E-state index in [4.69, 9.17) is 4.74 Å². The van der Waals surface area contributed by atoms with Crippen molar-refractivity contribution in [3.05, 3.63) is 63.8 Å². The van der Waals surface area contributed by atoms with E-state index in [1.54, 1.807) is 7.11 Å². The average molecular weight is 377 g/mol. The molecule has 2 aromatic carbocycles. The lowest BCUT2D eigenvalue weighted by molar-refractivity contribution is 0.400. The third-order valence-corrected chi connectivity index (χ3v) is 6.59. The summed E-state index contributed by atoms with van der Waals surface area (Å²) in [6.45, 7) is 12.2. The van der Waals surface area contributed by atoms with Crippen LogP contribution >= 0.6 is 0 Å². The fraction of sp³-hybridized carbons (Fsp3) is 0.440. The van der Waals surface area contributed by atoms with Crippen LogP contribution in [0.1, 0.15) is 66.7 Å². The first kappa shape index (κ1) is 19.1. The molecule has 1 aromatic heterocycles. The highest BCUT2D eigenvalue weighted by Gasteiger charge is 2.29. The van der Waals surface area contributed by atoms with Gasteiger partial charge in [-0.1, -0.05) is 32.9 Å². The summed E-state index contributed by atoms with van der Waals surface area (Å²) in [6.07, 6.45) is 2.16. The standard InChI is InChI=1S/C25H32N2O/c1-7-25(4,5)17-8-9-21(28-6)19(14-17)23-24-18(10-11-26-23)22-16(3)12-15(2)13-20(22)27-24/h8-9,12-14,23,26-27H,7,10-11H2,1-6H3. The maximum absolute atomic E-state index is 5.78. The topological polar surface area (TPSA) is 37.0 Å². The first-order chi connectivity index (χ1) is 13.4. The van der Waals surface area contributed by atoms with Gasteiger partial charge in [0.05, 0.1) is 13.2 Å². The van der Waals surface area contributed by atoms with Gasteiger partial charge in [0.2, 0.25) is 0 Å². The zero-order valence-corrected chi connectivity index (χ0v) is 18.0. The molecule has 0 amide bonds. The van der Waals surface area contributed by atoms with Crippen LogP contribution in [-0.4, -0.2) is 18.6 Å². The van der Waals surface area contributed by atoms with Gasteiger partial charge in [-0.05, 0) is 72.6 Å². The Bertz CT molecular complexity index is 1030. The van der Waals surface area contributed by atoms with Crippen molar-refractivity contribution >= 4 is 10.9 Å². The summed E-state index contributed by atoms with van der Waals surface area (Å²) in [4.78, 5) is 3.75. The van der Waals surface area contributed by atoms with Gasteiger partial charge in [0, 0.05) is 28.7 Å². The van der Waals surface area contributed by atoms with Crippen molar-refractivity contribution in [1.29, 1.82) is 0 Å². The normalized spacial score (nSPS) is 17.0. The molecular formula is C25H32N2O. The summed E-state index contributed by atoms with van der Waals surface area (Å²) in [7, 11) is 1.77. The predicted octanol–water partition coefficient (Wildman–Crippen LogP) is 5.72. The van der Waals surface area contributed by atoms with Gasteiger partial charge in [0.15, 0.2) is 0 Å². The van der Waals surface area contributed by atoms with Crippen LogP contribution < -0.4 is 10.1 Å². The Hall–Kier alpha value is -2.26. The van der Waals surface area contributed by atoms with Crippen molar-refractivity contribution < 1.29 is 4.74 Å². The molecule has 0 fully saturated rings. The van der Waals surface area contributed by atoms with Crippen LogP contribution in [0.15, 0.2) is 30.3 Å². The first-order valence-corrected chi connectivity index (χ1v) is 10.4. The molecule has 148 valence electrons. The van der Waals surface area contributed by atoms with E-state index in [0.29, 0.717) is 0 Å². The molecule has 0 saturated carbocycles. The molecule has 1 unspecified atom stereocenters. The molecule has 3 aromatic rings. The zero-order valence-electron chi connectivity index (χ0n) is 18.0. The summed E-state index contributed by atoms with van der Waals surface area (Å²) in [6, 6.07) is 11.4. The third kappa shape index (κ3) is 3.02. The number of aromatic nitrogens is 1. The zero-order chi connectivity index (χ0) is 20.1. The van der Waals surface area contributed by atoms with Gasteiger partial charge in [0.25, 0.3) is 0 Å². The minimum atomic E-state index is 0.124. The number of benzene rings is 2. The Kier molecular flexibility index (Phi) is 4.75. The van der Waals surface area contributed by atoms with Crippen molar-refractivity contribution in [3.63, 3.8) is 0 Å². The average Bonchev–Trinajstić information content (AvgIpc) is 3.05. The molecule has 0 bridgehead atoms. The lowest BCUT2D eigenvalue weighted by Crippen LogP contribution is -2.31. The molecule has 1 aliphatic rings. The SMILES string of the molecule is CCC(C)(C)c1ccc(OC)c(C2NCCc3c2[nH]c2cc(C)cc(C)c32)c1.